The Labute approximate surface area is 109 Å². The molecule has 0 saturated heterocycles. The lowest BCUT2D eigenvalue weighted by atomic mass is 10.2. The number of nitrogens with one attached hydrogen (secondary N) is 1. The second kappa shape index (κ2) is 5.88. The SMILES string of the molecule is CC(C)NCCc1nnc(-c2ccc(F)cc2F)o1. The van der Waals surface area contributed by atoms with Crippen LogP contribution in [0, 0.1) is 11.6 Å². The molecule has 19 heavy (non-hydrogen) atoms. The Kier molecular flexibility index (Phi) is 4.21. The van der Waals surface area contributed by atoms with Crippen LogP contribution in [0.15, 0.2) is 22.6 Å². The Hall–Kier alpha value is -1.82. The normalized spacial score (nSPS) is 11.2. The number of rotatable bonds is 5. The van der Waals surface area contributed by atoms with Crippen molar-refractivity contribution >= 4 is 0 Å². The highest BCUT2D eigenvalue weighted by atomic mass is 19.1. The molecule has 1 heterocycles. The van der Waals surface area contributed by atoms with Crippen molar-refractivity contribution in [3.8, 4) is 11.5 Å². The van der Waals surface area contributed by atoms with Crippen molar-refractivity contribution in [2.24, 2.45) is 0 Å². The van der Waals surface area contributed by atoms with Crippen molar-refractivity contribution in [1.29, 1.82) is 0 Å². The van der Waals surface area contributed by atoms with Crippen molar-refractivity contribution in [3.63, 3.8) is 0 Å². The number of nitrogens with zero attached hydrogens (tertiary/aromatic N) is 2. The molecule has 0 aliphatic rings. The highest BCUT2D eigenvalue weighted by Gasteiger charge is 2.13. The van der Waals surface area contributed by atoms with Crippen LogP contribution in [0.25, 0.3) is 11.5 Å². The summed E-state index contributed by atoms with van der Waals surface area (Å²) in [6.45, 7) is 4.77. The number of aromatic nitrogens is 2. The van der Waals surface area contributed by atoms with Crippen molar-refractivity contribution < 1.29 is 13.2 Å². The van der Waals surface area contributed by atoms with E-state index in [1.54, 1.807) is 0 Å². The molecule has 4 nitrogen and oxygen atoms in total. The van der Waals surface area contributed by atoms with Gasteiger partial charge in [0.15, 0.2) is 0 Å². The van der Waals surface area contributed by atoms with Crippen LogP contribution in [0.2, 0.25) is 0 Å². The van der Waals surface area contributed by atoms with E-state index in [1.165, 1.54) is 6.07 Å². The zero-order valence-electron chi connectivity index (χ0n) is 10.8. The largest absolute Gasteiger partial charge is 0.421 e. The van der Waals surface area contributed by atoms with E-state index in [-0.39, 0.29) is 11.5 Å². The molecule has 2 aromatic rings. The van der Waals surface area contributed by atoms with E-state index < -0.39 is 11.6 Å². The Bertz CT molecular complexity index is 555. The third-order valence-corrected chi connectivity index (χ3v) is 2.52. The molecule has 0 atom stereocenters. The van der Waals surface area contributed by atoms with Crippen molar-refractivity contribution in [2.75, 3.05) is 6.54 Å². The minimum atomic E-state index is -0.712. The van der Waals surface area contributed by atoms with Crippen LogP contribution in [0.1, 0.15) is 19.7 Å². The summed E-state index contributed by atoms with van der Waals surface area (Å²) in [6, 6.07) is 3.60. The molecule has 0 amide bonds. The molecule has 1 aromatic carbocycles. The maximum Gasteiger partial charge on any atom is 0.250 e. The van der Waals surface area contributed by atoms with Gasteiger partial charge in [-0.05, 0) is 12.1 Å². The quantitative estimate of drug-likeness (QED) is 0.904. The highest BCUT2D eigenvalue weighted by molar-refractivity contribution is 5.53. The maximum absolute atomic E-state index is 13.5. The summed E-state index contributed by atoms with van der Waals surface area (Å²) in [5, 5.41) is 10.8. The van der Waals surface area contributed by atoms with Crippen molar-refractivity contribution in [1.82, 2.24) is 15.5 Å². The summed E-state index contributed by atoms with van der Waals surface area (Å²) in [7, 11) is 0. The van der Waals surface area contributed by atoms with Crippen LogP contribution >= 0.6 is 0 Å². The van der Waals surface area contributed by atoms with E-state index in [0.717, 1.165) is 12.1 Å². The minimum absolute atomic E-state index is 0.0667. The fourth-order valence-electron chi connectivity index (χ4n) is 1.59. The van der Waals surface area contributed by atoms with E-state index in [1.807, 2.05) is 13.8 Å². The molecule has 0 saturated carbocycles. The Morgan fingerprint density at radius 2 is 2.05 bits per heavy atom. The topological polar surface area (TPSA) is 51.0 Å². The lowest BCUT2D eigenvalue weighted by molar-refractivity contribution is 0.481. The van der Waals surface area contributed by atoms with Gasteiger partial charge < -0.3 is 9.73 Å². The highest BCUT2D eigenvalue weighted by Crippen LogP contribution is 2.22. The van der Waals surface area contributed by atoms with E-state index in [0.29, 0.717) is 24.9 Å². The molecule has 0 aliphatic heterocycles. The second-order valence-electron chi connectivity index (χ2n) is 4.48. The molecular formula is C13H15F2N3O. The zero-order chi connectivity index (χ0) is 13.8. The fourth-order valence-corrected chi connectivity index (χ4v) is 1.59. The first-order chi connectivity index (χ1) is 9.06. The van der Waals surface area contributed by atoms with Crippen LogP contribution in [0.5, 0.6) is 0 Å². The molecule has 0 unspecified atom stereocenters. The first-order valence-corrected chi connectivity index (χ1v) is 6.07. The van der Waals surface area contributed by atoms with Crippen LogP contribution in [-0.4, -0.2) is 22.8 Å². The third kappa shape index (κ3) is 3.57. The Morgan fingerprint density at radius 3 is 2.74 bits per heavy atom. The summed E-state index contributed by atoms with van der Waals surface area (Å²) in [5.74, 6) is -0.860. The van der Waals surface area contributed by atoms with Gasteiger partial charge in [0.2, 0.25) is 5.89 Å². The monoisotopic (exact) mass is 267 g/mol. The van der Waals surface area contributed by atoms with Gasteiger partial charge in [-0.15, -0.1) is 10.2 Å². The van der Waals surface area contributed by atoms with Gasteiger partial charge in [0, 0.05) is 25.1 Å². The average Bonchev–Trinajstić information content (AvgIpc) is 2.77. The number of hydrogen-bond acceptors (Lipinski definition) is 4. The number of hydrogen-bond donors (Lipinski definition) is 1. The van der Waals surface area contributed by atoms with Gasteiger partial charge in [0.05, 0.1) is 5.56 Å². The van der Waals surface area contributed by atoms with Gasteiger partial charge >= 0.3 is 0 Å². The fraction of sp³-hybridized carbons (Fsp3) is 0.385. The molecule has 0 spiro atoms. The first kappa shape index (κ1) is 13.6. The van der Waals surface area contributed by atoms with Gasteiger partial charge in [-0.2, -0.15) is 0 Å². The summed E-state index contributed by atoms with van der Waals surface area (Å²) in [5.41, 5.74) is 0.108. The average molecular weight is 267 g/mol. The zero-order valence-corrected chi connectivity index (χ0v) is 10.8. The molecule has 0 radical (unpaired) electrons. The molecule has 0 fully saturated rings. The standard InChI is InChI=1S/C13H15F2N3O/c1-8(2)16-6-5-12-17-18-13(19-12)10-4-3-9(14)7-11(10)15/h3-4,7-8,16H,5-6H2,1-2H3. The molecule has 102 valence electrons. The molecule has 2 rings (SSSR count). The van der Waals surface area contributed by atoms with Crippen LogP contribution in [-0.2, 0) is 6.42 Å². The molecular weight excluding hydrogens is 252 g/mol. The summed E-state index contributed by atoms with van der Waals surface area (Å²) >= 11 is 0. The van der Waals surface area contributed by atoms with Gasteiger partial charge in [-0.3, -0.25) is 0 Å². The van der Waals surface area contributed by atoms with E-state index in [2.05, 4.69) is 15.5 Å². The van der Waals surface area contributed by atoms with Crippen molar-refractivity contribution in [2.45, 2.75) is 26.3 Å². The minimum Gasteiger partial charge on any atom is -0.421 e. The predicted molar refractivity (Wildman–Crippen MR) is 66.5 cm³/mol. The third-order valence-electron chi connectivity index (χ3n) is 2.52. The summed E-state index contributed by atoms with van der Waals surface area (Å²) in [6.07, 6.45) is 0.563. The lowest BCUT2D eigenvalue weighted by Gasteiger charge is -2.04. The molecule has 1 N–H and O–H groups in total. The van der Waals surface area contributed by atoms with E-state index >= 15 is 0 Å². The van der Waals surface area contributed by atoms with Gasteiger partial charge in [-0.1, -0.05) is 13.8 Å². The maximum atomic E-state index is 13.5. The lowest BCUT2D eigenvalue weighted by Crippen LogP contribution is -2.25. The predicted octanol–water partition coefficient (Wildman–Crippen LogP) is 2.56. The van der Waals surface area contributed by atoms with Gasteiger partial charge in [0.25, 0.3) is 5.89 Å². The summed E-state index contributed by atoms with van der Waals surface area (Å²) < 4.78 is 31.7. The van der Waals surface area contributed by atoms with Crippen LogP contribution in [0.3, 0.4) is 0 Å². The van der Waals surface area contributed by atoms with Gasteiger partial charge in [0.1, 0.15) is 11.6 Å². The smallest absolute Gasteiger partial charge is 0.250 e. The van der Waals surface area contributed by atoms with E-state index in [9.17, 15) is 8.78 Å². The Morgan fingerprint density at radius 1 is 1.26 bits per heavy atom. The number of benzene rings is 1. The van der Waals surface area contributed by atoms with Gasteiger partial charge in [-0.25, -0.2) is 8.78 Å². The molecule has 6 heteroatoms. The molecule has 0 aliphatic carbocycles. The number of halogens is 2. The van der Waals surface area contributed by atoms with Crippen LogP contribution < -0.4 is 5.32 Å². The Balaban J connectivity index is 2.08. The molecule has 1 aromatic heterocycles. The molecule has 0 bridgehead atoms. The van der Waals surface area contributed by atoms with Crippen molar-refractivity contribution in [3.05, 3.63) is 35.7 Å². The first-order valence-electron chi connectivity index (χ1n) is 6.07. The van der Waals surface area contributed by atoms with Crippen LogP contribution in [0.4, 0.5) is 8.78 Å². The summed E-state index contributed by atoms with van der Waals surface area (Å²) in [4.78, 5) is 0. The van der Waals surface area contributed by atoms with E-state index in [4.69, 9.17) is 4.42 Å². The second-order valence-corrected chi connectivity index (χ2v) is 4.48.